The van der Waals surface area contributed by atoms with Crippen molar-refractivity contribution in [2.45, 2.75) is 131 Å². The topological polar surface area (TPSA) is 494 Å². The summed E-state index contributed by atoms with van der Waals surface area (Å²) in [5, 5.41) is 0. The summed E-state index contributed by atoms with van der Waals surface area (Å²) in [7, 11) is -48.1. The van der Waals surface area contributed by atoms with Crippen LogP contribution in [0.15, 0.2) is 174 Å². The zero-order valence-electron chi connectivity index (χ0n) is 45.7. The van der Waals surface area contributed by atoms with Gasteiger partial charge < -0.3 is 24.8 Å². The van der Waals surface area contributed by atoms with E-state index in [1.54, 1.807) is 38.1 Å². The van der Waals surface area contributed by atoms with Crippen LogP contribution in [0.25, 0.3) is 24.8 Å². The Morgan fingerprint density at radius 1 is 0.315 bits per heavy atom. The van der Waals surface area contributed by atoms with E-state index in [0.717, 1.165) is 31.2 Å². The third-order valence-electron chi connectivity index (χ3n) is 13.2. The van der Waals surface area contributed by atoms with E-state index in [-0.39, 0.29) is 64.7 Å². The molecule has 1 fully saturated rings. The summed E-state index contributed by atoms with van der Waals surface area (Å²) in [6.45, 7) is 6.83. The van der Waals surface area contributed by atoms with Gasteiger partial charge in [0.1, 0.15) is 120 Å². The summed E-state index contributed by atoms with van der Waals surface area (Å²) in [6.07, 6.45) is 5.02. The zero-order chi connectivity index (χ0) is 66.3. The molecule has 6 heterocycles. The van der Waals surface area contributed by atoms with Crippen LogP contribution in [0.5, 0.6) is 0 Å². The number of aryl methyl sites for hydroxylation is 4. The smallest absolute Gasteiger partial charge is 0.114 e. The van der Waals surface area contributed by atoms with Crippen molar-refractivity contribution in [1.82, 2.24) is 0 Å². The lowest BCUT2D eigenvalue weighted by atomic mass is 9.98. The third-order valence-corrected chi connectivity index (χ3v) is 34.6. The Morgan fingerprint density at radius 2 is 0.652 bits per heavy atom. The quantitative estimate of drug-likeness (QED) is 0.193. The molecule has 0 bridgehead atoms. The fourth-order valence-electron chi connectivity index (χ4n) is 9.41. The van der Waals surface area contributed by atoms with Crippen molar-refractivity contribution in [3.63, 3.8) is 0 Å². The SMILES string of the molecule is CCc1ccc2c(c1)S(=O)(=O)[N-]S2(=O)=O.CCc1cccc2c1S(=O)(=O)[N-]S2(=O)=O.Cc1ccc2c(c1)S(=O)(=O)[N-]S2(=O)=O.Cc1cccc2c1S(=O)(=O)[N-]S2(=O)=O.O=S1(=O)[N-]S(=O)(=O)c2c(C3CCCC3)cccc21.O=S1(=O)[N-]S(=O)(=O)c2ccccc21. The zero-order valence-corrected chi connectivity index (χ0v) is 55.5. The number of nitrogens with zero attached hydrogens (tertiary/aromatic N) is 6. The maximum atomic E-state index is 11.9. The van der Waals surface area contributed by atoms with E-state index in [0.29, 0.717) is 35.1 Å². The Balaban J connectivity index is 0.000000138. The van der Waals surface area contributed by atoms with Crippen LogP contribution < -0.4 is 0 Å². The molecule has 1 saturated carbocycles. The minimum atomic E-state index is -4.04. The van der Waals surface area contributed by atoms with E-state index in [2.05, 4.69) is 24.8 Å². The van der Waals surface area contributed by atoms with Gasteiger partial charge in [-0.15, -0.1) is 0 Å². The lowest BCUT2D eigenvalue weighted by Crippen LogP contribution is -2.02. The van der Waals surface area contributed by atoms with Gasteiger partial charge in [-0.1, -0.05) is 87.4 Å². The van der Waals surface area contributed by atoms with Crippen LogP contribution in [0.4, 0.5) is 0 Å². The predicted molar refractivity (Wildman–Crippen MR) is 314 cm³/mol. The minimum absolute atomic E-state index is 0.0862. The van der Waals surface area contributed by atoms with Crippen molar-refractivity contribution in [3.8, 4) is 0 Å². The number of benzene rings is 6. The van der Waals surface area contributed by atoms with Gasteiger partial charge in [0.2, 0.25) is 0 Å². The van der Waals surface area contributed by atoms with Crippen molar-refractivity contribution in [2.24, 2.45) is 0 Å². The van der Waals surface area contributed by atoms with Crippen molar-refractivity contribution in [3.05, 3.63) is 168 Å². The average molecular weight is 1460 g/mol. The molecule has 0 amide bonds. The van der Waals surface area contributed by atoms with Crippen LogP contribution in [-0.4, -0.2) is 101 Å². The van der Waals surface area contributed by atoms with Crippen molar-refractivity contribution in [1.29, 1.82) is 0 Å². The molecule has 89 heavy (non-hydrogen) atoms. The Kier molecular flexibility index (Phi) is 18.6. The highest BCUT2D eigenvalue weighted by Crippen LogP contribution is 2.47. The second-order valence-corrected chi connectivity index (χ2v) is 39.5. The van der Waals surface area contributed by atoms with Gasteiger partial charge in [0.05, 0.1) is 58.7 Å². The van der Waals surface area contributed by atoms with E-state index in [1.165, 1.54) is 97.9 Å². The highest BCUT2D eigenvalue weighted by Gasteiger charge is 2.35. The van der Waals surface area contributed by atoms with Crippen LogP contribution >= 0.6 is 0 Å². The van der Waals surface area contributed by atoms with Gasteiger partial charge in [-0.25, -0.2) is 101 Å². The molecule has 42 heteroatoms. The molecule has 13 rings (SSSR count). The van der Waals surface area contributed by atoms with Crippen LogP contribution in [0, 0.1) is 13.8 Å². The van der Waals surface area contributed by atoms with Gasteiger partial charge in [-0.05, 0) is 128 Å². The first-order chi connectivity index (χ1) is 40.8. The van der Waals surface area contributed by atoms with Gasteiger partial charge in [0, 0.05) is 0 Å². The number of hydrogen-bond donors (Lipinski definition) is 0. The van der Waals surface area contributed by atoms with Gasteiger partial charge in [0.15, 0.2) is 0 Å². The second kappa shape index (κ2) is 23.9. The largest absolute Gasteiger partial charge is 0.428 e. The monoisotopic (exact) mass is 1460 g/mol. The fourth-order valence-corrected chi connectivity index (χ4v) is 31.1. The number of rotatable bonds is 3. The standard InChI is InChI=1S/C11H12NO4S2.2C8H8NO4S2.2C7H6NO4S2.C6H4NO4S2/c13-17(14)10-7-3-6-9(8-4-1-2-5-8)11(10)18(15,16)12-17;1-2-6-3-4-7-8(5-6)15(12,13)9-14(7,10)11;1-2-6-4-3-5-7-8(6)15(12,13)9-14(7,10)11;1-5-2-3-6-7(4-5)14(11,12)8-13(6,9)10;1-5-3-2-4-6-7(5)14(11,12)8-13(6,9)10;8-12(9)5-3-1-2-4-6(5)13(10,11)7-12/h3,6-8H,1-2,4-5H2;2*3-5H,2H2,1H3;2*2-4H,1H3;1-4H/q6*-1. The van der Waals surface area contributed by atoms with E-state index >= 15 is 0 Å². The van der Waals surface area contributed by atoms with Crippen molar-refractivity contribution in [2.75, 3.05) is 0 Å². The summed E-state index contributed by atoms with van der Waals surface area (Å²) in [6, 6.07) is 26.9. The van der Waals surface area contributed by atoms with E-state index in [9.17, 15) is 101 Å². The molecule has 0 atom stereocenters. The van der Waals surface area contributed by atoms with Gasteiger partial charge in [-0.3, -0.25) is 0 Å². The molecule has 30 nitrogen and oxygen atoms in total. The summed E-state index contributed by atoms with van der Waals surface area (Å²) in [5.41, 5.74) is 2.95. The van der Waals surface area contributed by atoms with Crippen LogP contribution in [0.2, 0.25) is 0 Å². The van der Waals surface area contributed by atoms with Gasteiger partial charge in [-0.2, -0.15) is 0 Å². The maximum absolute atomic E-state index is 11.9. The number of hydrogen-bond acceptors (Lipinski definition) is 24. The molecule has 1 aliphatic carbocycles. The summed E-state index contributed by atoms with van der Waals surface area (Å²) >= 11 is 0. The highest BCUT2D eigenvalue weighted by atomic mass is 32.3. The summed E-state index contributed by atoms with van der Waals surface area (Å²) in [4.78, 5) is -2.40. The molecule has 6 aliphatic heterocycles. The molecular formula is C47H44N6O24S12-6. The third kappa shape index (κ3) is 13.8. The first-order valence-electron chi connectivity index (χ1n) is 24.9. The Bertz CT molecular complexity index is 5360. The Morgan fingerprint density at radius 3 is 1.10 bits per heavy atom. The molecule has 6 aromatic carbocycles. The van der Waals surface area contributed by atoms with Gasteiger partial charge >= 0.3 is 0 Å². The molecule has 0 spiro atoms. The predicted octanol–water partition coefficient (Wildman–Crippen LogP) is 6.11. The molecule has 0 aromatic heterocycles. The summed E-state index contributed by atoms with van der Waals surface area (Å²) < 4.78 is 290. The lowest BCUT2D eigenvalue weighted by molar-refractivity contribution is 0.596. The fraction of sp³-hybridized carbons (Fsp3) is 0.234. The molecule has 0 saturated heterocycles. The molecule has 6 aromatic rings. The van der Waals surface area contributed by atoms with Gasteiger partial charge in [0.25, 0.3) is 0 Å². The van der Waals surface area contributed by atoms with Crippen molar-refractivity contribution < 1.29 is 101 Å². The molecule has 7 aliphatic rings. The van der Waals surface area contributed by atoms with Crippen LogP contribution in [0.1, 0.15) is 73.3 Å². The second-order valence-electron chi connectivity index (χ2n) is 19.3. The highest BCUT2D eigenvalue weighted by molar-refractivity contribution is 8.17. The first-order valence-corrected chi connectivity index (χ1v) is 42.2. The minimum Gasteiger partial charge on any atom is -0.428 e. The average Bonchev–Trinajstić information content (AvgIpc) is 1.68. The Labute approximate surface area is 515 Å². The number of fused-ring (bicyclic) bond motifs is 6. The van der Waals surface area contributed by atoms with E-state index in [1.807, 2.05) is 6.92 Å². The van der Waals surface area contributed by atoms with E-state index in [4.69, 9.17) is 0 Å². The number of sulfonamides is 12. The normalized spacial score (nSPS) is 22.3. The summed E-state index contributed by atoms with van der Waals surface area (Å²) in [5.74, 6) is 0.137. The molecular weight excluding hydrogens is 1420 g/mol. The first kappa shape index (κ1) is 69.4. The van der Waals surface area contributed by atoms with Crippen LogP contribution in [-0.2, 0) is 133 Å². The van der Waals surface area contributed by atoms with Crippen molar-refractivity contribution >= 4 is 120 Å². The molecule has 484 valence electrons. The lowest BCUT2D eigenvalue weighted by Gasteiger charge is -2.14. The van der Waals surface area contributed by atoms with Crippen LogP contribution in [0.3, 0.4) is 0 Å². The maximum Gasteiger partial charge on any atom is 0.114 e. The molecule has 0 radical (unpaired) electrons. The molecule has 0 N–H and O–H groups in total. The van der Waals surface area contributed by atoms with E-state index < -0.39 is 120 Å². The Hall–Kier alpha value is -5.52. The molecule has 0 unspecified atom stereocenters.